The van der Waals surface area contributed by atoms with Crippen LogP contribution in [0.15, 0.2) is 47.4 Å². The van der Waals surface area contributed by atoms with Crippen LogP contribution in [0.3, 0.4) is 0 Å². The third kappa shape index (κ3) is 3.87. The zero-order valence-corrected chi connectivity index (χ0v) is 14.3. The number of carbonyl (C=O) groups excluding carboxylic acids is 1. The average molecular weight is 352 g/mol. The van der Waals surface area contributed by atoms with Crippen LogP contribution in [-0.2, 0) is 11.3 Å². The van der Waals surface area contributed by atoms with Crippen molar-refractivity contribution in [1.82, 2.24) is 25.1 Å². The Kier molecular flexibility index (Phi) is 4.85. The van der Waals surface area contributed by atoms with Crippen molar-refractivity contribution in [3.05, 3.63) is 48.3 Å². The van der Waals surface area contributed by atoms with E-state index in [1.165, 1.54) is 5.56 Å². The molecule has 0 unspecified atom stereocenters. The summed E-state index contributed by atoms with van der Waals surface area (Å²) in [6, 6.07) is 9.50. The first-order chi connectivity index (χ1) is 12.8. The molecule has 1 aromatic carbocycles. The lowest BCUT2D eigenvalue weighted by atomic mass is 10.2. The van der Waals surface area contributed by atoms with Gasteiger partial charge >= 0.3 is 0 Å². The number of rotatable bonds is 5. The van der Waals surface area contributed by atoms with E-state index < -0.39 is 0 Å². The Bertz CT molecular complexity index is 874. The van der Waals surface area contributed by atoms with E-state index in [0.717, 1.165) is 32.7 Å². The molecule has 1 amide bonds. The fourth-order valence-electron chi connectivity index (χ4n) is 3.15. The van der Waals surface area contributed by atoms with Gasteiger partial charge in [-0.3, -0.25) is 19.6 Å². The molecule has 1 saturated heterocycles. The number of hydrogen-bond acceptors (Lipinski definition) is 7. The third-order valence-corrected chi connectivity index (χ3v) is 4.55. The molecule has 2 aromatic heterocycles. The van der Waals surface area contributed by atoms with Gasteiger partial charge in [0.25, 0.3) is 0 Å². The summed E-state index contributed by atoms with van der Waals surface area (Å²) in [5.74, 6) is -0.0527. The highest BCUT2D eigenvalue weighted by molar-refractivity contribution is 5.99. The molecule has 8 nitrogen and oxygen atoms in total. The Morgan fingerprint density at radius 1 is 1.04 bits per heavy atom. The quantitative estimate of drug-likeness (QED) is 0.742. The molecule has 3 heterocycles. The van der Waals surface area contributed by atoms with Gasteiger partial charge in [-0.2, -0.15) is 0 Å². The highest BCUT2D eigenvalue weighted by Gasteiger charge is 2.19. The molecule has 0 saturated carbocycles. The number of anilines is 1. The molecule has 1 aliphatic rings. The highest BCUT2D eigenvalue weighted by Crippen LogP contribution is 2.19. The van der Waals surface area contributed by atoms with E-state index in [9.17, 15) is 4.79 Å². The number of pyridine rings is 1. The van der Waals surface area contributed by atoms with Crippen LogP contribution < -0.4 is 5.32 Å². The summed E-state index contributed by atoms with van der Waals surface area (Å²) in [5, 5.41) is 10.5. The number of fused-ring (bicyclic) bond motifs is 1. The second-order valence-electron chi connectivity index (χ2n) is 6.39. The van der Waals surface area contributed by atoms with Gasteiger partial charge in [0.2, 0.25) is 5.91 Å². The average Bonchev–Trinajstić information content (AvgIpc) is 3.14. The van der Waals surface area contributed by atoms with Gasteiger partial charge in [-0.15, -0.1) is 0 Å². The zero-order valence-electron chi connectivity index (χ0n) is 14.3. The molecule has 4 rings (SSSR count). The van der Waals surface area contributed by atoms with E-state index in [1.807, 2.05) is 30.6 Å². The standard InChI is InChI=1S/C18H20N6O2/c25-17(20-15-2-1-3-16-18(15)22-26-21-16)13-24-10-8-23(9-11-24)12-14-4-6-19-7-5-14/h1-7H,8-13H2,(H,20,25). The van der Waals surface area contributed by atoms with Crippen molar-refractivity contribution >= 4 is 22.6 Å². The molecule has 1 aliphatic heterocycles. The fourth-order valence-corrected chi connectivity index (χ4v) is 3.15. The summed E-state index contributed by atoms with van der Waals surface area (Å²) in [6.45, 7) is 4.91. The maximum absolute atomic E-state index is 12.4. The topological polar surface area (TPSA) is 87.4 Å². The normalized spacial score (nSPS) is 16.0. The van der Waals surface area contributed by atoms with Crippen LogP contribution in [-0.4, -0.2) is 63.7 Å². The van der Waals surface area contributed by atoms with Crippen LogP contribution in [0.2, 0.25) is 0 Å². The number of piperazine rings is 1. The lowest BCUT2D eigenvalue weighted by Gasteiger charge is -2.34. The number of nitrogens with one attached hydrogen (secondary N) is 1. The Morgan fingerprint density at radius 3 is 2.62 bits per heavy atom. The van der Waals surface area contributed by atoms with Gasteiger partial charge in [0.15, 0.2) is 5.52 Å². The number of benzene rings is 1. The first-order valence-corrected chi connectivity index (χ1v) is 8.63. The minimum Gasteiger partial charge on any atom is -0.323 e. The lowest BCUT2D eigenvalue weighted by Crippen LogP contribution is -2.48. The summed E-state index contributed by atoms with van der Waals surface area (Å²) >= 11 is 0. The largest absolute Gasteiger partial charge is 0.323 e. The van der Waals surface area contributed by atoms with E-state index >= 15 is 0 Å². The summed E-state index contributed by atoms with van der Waals surface area (Å²) in [4.78, 5) is 21.0. The second kappa shape index (κ2) is 7.59. The second-order valence-corrected chi connectivity index (χ2v) is 6.39. The van der Waals surface area contributed by atoms with Crippen LogP contribution >= 0.6 is 0 Å². The van der Waals surface area contributed by atoms with Gasteiger partial charge in [0.05, 0.1) is 12.2 Å². The molecule has 1 N–H and O–H groups in total. The molecule has 0 bridgehead atoms. The van der Waals surface area contributed by atoms with Gasteiger partial charge in [-0.05, 0) is 40.1 Å². The van der Waals surface area contributed by atoms with Crippen molar-refractivity contribution in [2.45, 2.75) is 6.54 Å². The van der Waals surface area contributed by atoms with Gasteiger partial charge in [0.1, 0.15) is 5.52 Å². The molecule has 0 aliphatic carbocycles. The van der Waals surface area contributed by atoms with Crippen LogP contribution in [0.4, 0.5) is 5.69 Å². The van der Waals surface area contributed by atoms with Crippen LogP contribution in [0.25, 0.3) is 11.0 Å². The molecular weight excluding hydrogens is 332 g/mol. The monoisotopic (exact) mass is 352 g/mol. The van der Waals surface area contributed by atoms with E-state index in [4.69, 9.17) is 4.63 Å². The Labute approximate surface area is 150 Å². The zero-order chi connectivity index (χ0) is 17.8. The molecular formula is C18H20N6O2. The smallest absolute Gasteiger partial charge is 0.238 e. The number of amides is 1. The minimum absolute atomic E-state index is 0.0527. The Morgan fingerprint density at radius 2 is 1.81 bits per heavy atom. The van der Waals surface area contributed by atoms with Crippen molar-refractivity contribution < 1.29 is 9.42 Å². The van der Waals surface area contributed by atoms with Gasteiger partial charge < -0.3 is 5.32 Å². The summed E-state index contributed by atoms with van der Waals surface area (Å²) in [6.07, 6.45) is 3.64. The van der Waals surface area contributed by atoms with Crippen molar-refractivity contribution in [3.8, 4) is 0 Å². The molecule has 1 fully saturated rings. The van der Waals surface area contributed by atoms with Crippen molar-refractivity contribution in [2.24, 2.45) is 0 Å². The number of hydrogen-bond donors (Lipinski definition) is 1. The van der Waals surface area contributed by atoms with E-state index in [2.05, 4.69) is 30.4 Å². The minimum atomic E-state index is -0.0527. The number of nitrogens with zero attached hydrogens (tertiary/aromatic N) is 5. The molecule has 0 radical (unpaired) electrons. The molecule has 0 atom stereocenters. The molecule has 3 aromatic rings. The lowest BCUT2D eigenvalue weighted by molar-refractivity contribution is -0.117. The van der Waals surface area contributed by atoms with Crippen LogP contribution in [0.5, 0.6) is 0 Å². The van der Waals surface area contributed by atoms with Crippen molar-refractivity contribution in [3.63, 3.8) is 0 Å². The van der Waals surface area contributed by atoms with Gasteiger partial charge in [0, 0.05) is 45.1 Å². The molecule has 8 heteroatoms. The summed E-state index contributed by atoms with van der Waals surface area (Å²) < 4.78 is 4.73. The molecule has 0 spiro atoms. The number of aromatic nitrogens is 3. The van der Waals surface area contributed by atoms with Crippen molar-refractivity contribution in [1.29, 1.82) is 0 Å². The third-order valence-electron chi connectivity index (χ3n) is 4.55. The van der Waals surface area contributed by atoms with Gasteiger partial charge in [-0.25, -0.2) is 4.63 Å². The van der Waals surface area contributed by atoms with Crippen molar-refractivity contribution in [2.75, 3.05) is 38.0 Å². The Balaban J connectivity index is 1.27. The number of carbonyl (C=O) groups is 1. The maximum Gasteiger partial charge on any atom is 0.238 e. The SMILES string of the molecule is O=C(CN1CCN(Cc2ccncc2)CC1)Nc1cccc2nonc12. The molecule has 134 valence electrons. The maximum atomic E-state index is 12.4. The fraction of sp³-hybridized carbons (Fsp3) is 0.333. The van der Waals surface area contributed by atoms with E-state index in [0.29, 0.717) is 23.3 Å². The summed E-state index contributed by atoms with van der Waals surface area (Å²) in [7, 11) is 0. The highest BCUT2D eigenvalue weighted by atomic mass is 16.6. The van der Waals surface area contributed by atoms with Gasteiger partial charge in [-0.1, -0.05) is 6.07 Å². The predicted molar refractivity (Wildman–Crippen MR) is 96.4 cm³/mol. The first-order valence-electron chi connectivity index (χ1n) is 8.63. The predicted octanol–water partition coefficient (Wildman–Crippen LogP) is 1.37. The summed E-state index contributed by atoms with van der Waals surface area (Å²) in [5.41, 5.74) is 3.10. The van der Waals surface area contributed by atoms with E-state index in [-0.39, 0.29) is 5.91 Å². The first kappa shape index (κ1) is 16.6. The van der Waals surface area contributed by atoms with Crippen LogP contribution in [0.1, 0.15) is 5.56 Å². The Hall–Kier alpha value is -2.84. The van der Waals surface area contributed by atoms with Crippen LogP contribution in [0, 0.1) is 0 Å². The van der Waals surface area contributed by atoms with E-state index in [1.54, 1.807) is 12.1 Å². The molecule has 26 heavy (non-hydrogen) atoms.